The number of aromatic nitrogens is 1. The van der Waals surface area contributed by atoms with Crippen molar-refractivity contribution in [2.45, 2.75) is 31.7 Å². The molecule has 0 saturated heterocycles. The van der Waals surface area contributed by atoms with E-state index in [0.717, 1.165) is 16.6 Å². The highest BCUT2D eigenvalue weighted by Gasteiger charge is 2.24. The lowest BCUT2D eigenvalue weighted by Gasteiger charge is -2.29. The maximum absolute atomic E-state index is 9.05. The molecular formula is C16H20N4O. The van der Waals surface area contributed by atoms with E-state index in [2.05, 4.69) is 22.1 Å². The molecule has 1 aromatic carbocycles. The van der Waals surface area contributed by atoms with Crippen molar-refractivity contribution >= 4 is 22.4 Å². The SMILES string of the molecule is CN(c1c(/C(N)=N/O)cnc2ccccc12)C1CCCC1. The largest absolute Gasteiger partial charge is 0.409 e. The molecule has 5 heteroatoms. The Kier molecular flexibility index (Phi) is 3.64. The highest BCUT2D eigenvalue weighted by molar-refractivity contribution is 6.08. The van der Waals surface area contributed by atoms with Gasteiger partial charge in [0.15, 0.2) is 5.84 Å². The average molecular weight is 284 g/mol. The molecule has 1 heterocycles. The molecule has 110 valence electrons. The van der Waals surface area contributed by atoms with E-state index < -0.39 is 0 Å². The summed E-state index contributed by atoms with van der Waals surface area (Å²) in [5.74, 6) is 0.105. The molecule has 0 bridgehead atoms. The molecule has 1 aliphatic rings. The second-order valence-corrected chi connectivity index (χ2v) is 5.57. The number of fused-ring (bicyclic) bond motifs is 1. The Morgan fingerprint density at radius 1 is 1.33 bits per heavy atom. The van der Waals surface area contributed by atoms with E-state index in [9.17, 15) is 0 Å². The standard InChI is InChI=1S/C16H20N4O/c1-20(11-6-2-3-7-11)15-12-8-4-5-9-14(12)18-10-13(15)16(17)19-21/h4-5,8-11,21H,2-3,6-7H2,1H3,(H2,17,19). The lowest BCUT2D eigenvalue weighted by atomic mass is 10.1. The fourth-order valence-corrected chi connectivity index (χ4v) is 3.22. The molecule has 0 atom stereocenters. The molecule has 2 aromatic rings. The fraction of sp³-hybridized carbons (Fsp3) is 0.375. The van der Waals surface area contributed by atoms with Gasteiger partial charge in [0, 0.05) is 24.7 Å². The summed E-state index contributed by atoms with van der Waals surface area (Å²) in [4.78, 5) is 6.69. The summed E-state index contributed by atoms with van der Waals surface area (Å²) >= 11 is 0. The number of para-hydroxylation sites is 1. The minimum atomic E-state index is 0.105. The van der Waals surface area contributed by atoms with Crippen LogP contribution in [-0.4, -0.2) is 29.1 Å². The lowest BCUT2D eigenvalue weighted by molar-refractivity contribution is 0.318. The van der Waals surface area contributed by atoms with E-state index in [1.165, 1.54) is 25.7 Å². The first-order valence-electron chi connectivity index (χ1n) is 7.31. The van der Waals surface area contributed by atoms with Gasteiger partial charge in [-0.15, -0.1) is 0 Å². The first kappa shape index (κ1) is 13.7. The number of anilines is 1. The lowest BCUT2D eigenvalue weighted by Crippen LogP contribution is -2.31. The van der Waals surface area contributed by atoms with Crippen LogP contribution in [0.15, 0.2) is 35.6 Å². The maximum Gasteiger partial charge on any atom is 0.173 e. The van der Waals surface area contributed by atoms with Crippen LogP contribution >= 0.6 is 0 Å². The van der Waals surface area contributed by atoms with Crippen LogP contribution in [0, 0.1) is 0 Å². The summed E-state index contributed by atoms with van der Waals surface area (Å²) in [6.45, 7) is 0. The number of pyridine rings is 1. The third-order valence-corrected chi connectivity index (χ3v) is 4.36. The normalized spacial score (nSPS) is 16.5. The predicted molar refractivity (Wildman–Crippen MR) is 84.9 cm³/mol. The van der Waals surface area contributed by atoms with E-state index in [-0.39, 0.29) is 5.84 Å². The molecule has 0 aliphatic heterocycles. The first-order chi connectivity index (χ1) is 10.2. The van der Waals surface area contributed by atoms with Crippen molar-refractivity contribution in [3.63, 3.8) is 0 Å². The van der Waals surface area contributed by atoms with Gasteiger partial charge in [0.2, 0.25) is 0 Å². The summed E-state index contributed by atoms with van der Waals surface area (Å²) in [5, 5.41) is 13.2. The Morgan fingerprint density at radius 3 is 2.76 bits per heavy atom. The molecule has 0 radical (unpaired) electrons. The van der Waals surface area contributed by atoms with Crippen molar-refractivity contribution in [3.05, 3.63) is 36.0 Å². The Bertz CT molecular complexity index is 677. The van der Waals surface area contributed by atoms with Gasteiger partial charge in [-0.05, 0) is 18.9 Å². The molecule has 21 heavy (non-hydrogen) atoms. The summed E-state index contributed by atoms with van der Waals surface area (Å²) in [6.07, 6.45) is 6.58. The molecular weight excluding hydrogens is 264 g/mol. The van der Waals surface area contributed by atoms with Gasteiger partial charge in [-0.3, -0.25) is 4.98 Å². The van der Waals surface area contributed by atoms with E-state index in [1.54, 1.807) is 6.20 Å². The van der Waals surface area contributed by atoms with Gasteiger partial charge < -0.3 is 15.8 Å². The molecule has 1 aliphatic carbocycles. The Hall–Kier alpha value is -2.30. The Balaban J connectivity index is 2.20. The quantitative estimate of drug-likeness (QED) is 0.393. The van der Waals surface area contributed by atoms with Crippen molar-refractivity contribution in [2.75, 3.05) is 11.9 Å². The number of benzene rings is 1. The van der Waals surface area contributed by atoms with Crippen molar-refractivity contribution in [1.29, 1.82) is 0 Å². The van der Waals surface area contributed by atoms with Gasteiger partial charge >= 0.3 is 0 Å². The first-order valence-corrected chi connectivity index (χ1v) is 7.31. The number of hydrogen-bond acceptors (Lipinski definition) is 4. The van der Waals surface area contributed by atoms with E-state index in [0.29, 0.717) is 11.6 Å². The zero-order valence-electron chi connectivity index (χ0n) is 12.2. The summed E-state index contributed by atoms with van der Waals surface area (Å²) in [7, 11) is 2.09. The minimum absolute atomic E-state index is 0.105. The van der Waals surface area contributed by atoms with Gasteiger partial charge in [0.05, 0.1) is 16.8 Å². The molecule has 0 unspecified atom stereocenters. The summed E-state index contributed by atoms with van der Waals surface area (Å²) < 4.78 is 0. The number of rotatable bonds is 3. The van der Waals surface area contributed by atoms with E-state index in [4.69, 9.17) is 10.9 Å². The molecule has 1 fully saturated rings. The fourth-order valence-electron chi connectivity index (χ4n) is 3.22. The third kappa shape index (κ3) is 2.39. The van der Waals surface area contributed by atoms with Gasteiger partial charge in [-0.25, -0.2) is 0 Å². The van der Waals surface area contributed by atoms with Gasteiger partial charge in [0.25, 0.3) is 0 Å². The molecule has 1 aromatic heterocycles. The van der Waals surface area contributed by atoms with Crippen LogP contribution in [0.2, 0.25) is 0 Å². The molecule has 0 amide bonds. The predicted octanol–water partition coefficient (Wildman–Crippen LogP) is 2.71. The van der Waals surface area contributed by atoms with Crippen LogP contribution in [-0.2, 0) is 0 Å². The van der Waals surface area contributed by atoms with Crippen LogP contribution < -0.4 is 10.6 Å². The topological polar surface area (TPSA) is 74.7 Å². The second kappa shape index (κ2) is 5.60. The van der Waals surface area contributed by atoms with Crippen LogP contribution in [0.4, 0.5) is 5.69 Å². The van der Waals surface area contributed by atoms with Crippen LogP contribution in [0.1, 0.15) is 31.2 Å². The molecule has 1 saturated carbocycles. The van der Waals surface area contributed by atoms with Gasteiger partial charge in [-0.2, -0.15) is 0 Å². The number of nitrogens with two attached hydrogens (primary N) is 1. The van der Waals surface area contributed by atoms with Crippen molar-refractivity contribution < 1.29 is 5.21 Å². The second-order valence-electron chi connectivity index (χ2n) is 5.57. The van der Waals surface area contributed by atoms with Crippen molar-refractivity contribution in [1.82, 2.24) is 4.98 Å². The van der Waals surface area contributed by atoms with Crippen molar-refractivity contribution in [3.8, 4) is 0 Å². The summed E-state index contributed by atoms with van der Waals surface area (Å²) in [5.41, 5.74) is 8.47. The zero-order chi connectivity index (χ0) is 14.8. The third-order valence-electron chi connectivity index (χ3n) is 4.36. The Labute approximate surface area is 124 Å². The van der Waals surface area contributed by atoms with Gasteiger partial charge in [0.1, 0.15) is 0 Å². The Morgan fingerprint density at radius 2 is 2.05 bits per heavy atom. The van der Waals surface area contributed by atoms with E-state index >= 15 is 0 Å². The maximum atomic E-state index is 9.05. The molecule has 0 spiro atoms. The highest BCUT2D eigenvalue weighted by atomic mass is 16.4. The number of amidine groups is 1. The highest BCUT2D eigenvalue weighted by Crippen LogP contribution is 2.34. The molecule has 3 N–H and O–H groups in total. The number of hydrogen-bond donors (Lipinski definition) is 2. The van der Waals surface area contributed by atoms with Crippen LogP contribution in [0.3, 0.4) is 0 Å². The van der Waals surface area contributed by atoms with Crippen LogP contribution in [0.5, 0.6) is 0 Å². The monoisotopic (exact) mass is 284 g/mol. The van der Waals surface area contributed by atoms with Gasteiger partial charge in [-0.1, -0.05) is 36.2 Å². The average Bonchev–Trinajstić information content (AvgIpc) is 3.06. The number of nitrogens with zero attached hydrogens (tertiary/aromatic N) is 3. The molecule has 5 nitrogen and oxygen atoms in total. The minimum Gasteiger partial charge on any atom is -0.409 e. The van der Waals surface area contributed by atoms with Crippen LogP contribution in [0.25, 0.3) is 10.9 Å². The number of oxime groups is 1. The smallest absolute Gasteiger partial charge is 0.173 e. The summed E-state index contributed by atoms with van der Waals surface area (Å²) in [6, 6.07) is 8.49. The van der Waals surface area contributed by atoms with Crippen molar-refractivity contribution in [2.24, 2.45) is 10.9 Å². The van der Waals surface area contributed by atoms with E-state index in [1.807, 2.05) is 24.3 Å². The molecule has 3 rings (SSSR count). The zero-order valence-corrected chi connectivity index (χ0v) is 12.2.